The van der Waals surface area contributed by atoms with Crippen molar-refractivity contribution in [2.45, 2.75) is 6.54 Å². The molecule has 9 heteroatoms. The number of methoxy groups -OCH3 is 1. The Labute approximate surface area is 189 Å². The topological polar surface area (TPSA) is 123 Å². The monoisotopic (exact) mass is 449 g/mol. The average molecular weight is 449 g/mol. The molecule has 0 amide bonds. The van der Waals surface area contributed by atoms with Crippen molar-refractivity contribution in [2.24, 2.45) is 7.05 Å². The number of anilines is 1. The summed E-state index contributed by atoms with van der Waals surface area (Å²) in [6.45, 7) is -0.632. The first-order valence-corrected chi connectivity index (χ1v) is 9.97. The van der Waals surface area contributed by atoms with Gasteiger partial charge in [-0.2, -0.15) is 0 Å². The molecule has 1 heterocycles. The van der Waals surface area contributed by atoms with Gasteiger partial charge in [-0.3, -0.25) is 18.7 Å². The Balaban J connectivity index is 1.77. The van der Waals surface area contributed by atoms with Gasteiger partial charge in [0.05, 0.1) is 13.7 Å². The molecular formula is C24H23N3O6. The molecule has 0 unspecified atom stereocenters. The van der Waals surface area contributed by atoms with Crippen LogP contribution in [0.25, 0.3) is 6.08 Å². The summed E-state index contributed by atoms with van der Waals surface area (Å²) in [4.78, 5) is 49.8. The zero-order valence-electron chi connectivity index (χ0n) is 18.2. The number of benzene rings is 2. The highest BCUT2D eigenvalue weighted by molar-refractivity contribution is 6.02. The number of nitrogen functional groups attached to an aromatic ring is 1. The predicted molar refractivity (Wildman–Crippen MR) is 123 cm³/mol. The highest BCUT2D eigenvalue weighted by Gasteiger charge is 2.22. The lowest BCUT2D eigenvalue weighted by atomic mass is 10.2. The van der Waals surface area contributed by atoms with Crippen LogP contribution in [0.5, 0.6) is 5.75 Å². The van der Waals surface area contributed by atoms with E-state index in [1.165, 1.54) is 20.2 Å². The molecule has 3 rings (SSSR count). The second kappa shape index (κ2) is 10.3. The molecule has 0 bridgehead atoms. The molecule has 0 aliphatic rings. The van der Waals surface area contributed by atoms with Crippen LogP contribution in [0.4, 0.5) is 5.82 Å². The van der Waals surface area contributed by atoms with Crippen molar-refractivity contribution < 1.29 is 19.1 Å². The van der Waals surface area contributed by atoms with E-state index in [1.54, 1.807) is 48.5 Å². The maximum Gasteiger partial charge on any atom is 0.332 e. The lowest BCUT2D eigenvalue weighted by Crippen LogP contribution is -2.43. The Kier molecular flexibility index (Phi) is 7.24. The van der Waals surface area contributed by atoms with Crippen molar-refractivity contribution in [1.29, 1.82) is 0 Å². The van der Waals surface area contributed by atoms with Gasteiger partial charge in [-0.25, -0.2) is 9.59 Å². The molecule has 0 saturated carbocycles. The predicted octanol–water partition coefficient (Wildman–Crippen LogP) is 1.63. The lowest BCUT2D eigenvalue weighted by Gasteiger charge is -2.14. The zero-order chi connectivity index (χ0) is 24.0. The maximum absolute atomic E-state index is 12.7. The third kappa shape index (κ3) is 5.45. The quantitative estimate of drug-likeness (QED) is 0.315. The minimum atomic E-state index is -0.852. The van der Waals surface area contributed by atoms with E-state index in [-0.39, 0.29) is 12.4 Å². The third-order valence-corrected chi connectivity index (χ3v) is 4.90. The van der Waals surface area contributed by atoms with E-state index in [9.17, 15) is 19.2 Å². The van der Waals surface area contributed by atoms with Gasteiger partial charge in [0.1, 0.15) is 17.1 Å². The molecule has 0 spiro atoms. The molecule has 0 fully saturated rings. The molecular weight excluding hydrogens is 426 g/mol. The second-order valence-corrected chi connectivity index (χ2v) is 7.12. The van der Waals surface area contributed by atoms with Gasteiger partial charge in [-0.1, -0.05) is 42.5 Å². The Bertz CT molecular complexity index is 1320. The Morgan fingerprint density at radius 3 is 2.48 bits per heavy atom. The van der Waals surface area contributed by atoms with Crippen LogP contribution in [0.2, 0.25) is 0 Å². The van der Waals surface area contributed by atoms with Gasteiger partial charge in [0.25, 0.3) is 5.56 Å². The zero-order valence-corrected chi connectivity index (χ0v) is 18.2. The van der Waals surface area contributed by atoms with Crippen molar-refractivity contribution in [2.75, 3.05) is 19.5 Å². The van der Waals surface area contributed by atoms with Crippen molar-refractivity contribution in [3.05, 3.63) is 98.2 Å². The van der Waals surface area contributed by atoms with Gasteiger partial charge in [-0.15, -0.1) is 0 Å². The molecule has 2 N–H and O–H groups in total. The van der Waals surface area contributed by atoms with Crippen LogP contribution in [0, 0.1) is 0 Å². The number of carbonyl (C=O) groups excluding carboxylic acids is 2. The highest BCUT2D eigenvalue weighted by Crippen LogP contribution is 2.14. The first kappa shape index (κ1) is 23.3. The summed E-state index contributed by atoms with van der Waals surface area (Å²) in [5.41, 5.74) is 5.58. The van der Waals surface area contributed by atoms with E-state index < -0.39 is 35.2 Å². The Hall–Kier alpha value is -4.40. The molecule has 9 nitrogen and oxygen atoms in total. The number of aromatic nitrogens is 2. The number of Topliss-reactive ketones (excluding diaryl/α,β-unsaturated/α-hetero) is 1. The molecule has 2 aromatic carbocycles. The fourth-order valence-electron chi connectivity index (χ4n) is 3.13. The fraction of sp³-hybridized carbons (Fsp3) is 0.167. The van der Waals surface area contributed by atoms with Crippen LogP contribution in [-0.2, 0) is 23.1 Å². The highest BCUT2D eigenvalue weighted by atomic mass is 16.5. The molecule has 0 saturated heterocycles. The van der Waals surface area contributed by atoms with Gasteiger partial charge in [0.15, 0.2) is 6.61 Å². The molecule has 0 atom stereocenters. The fourth-order valence-corrected chi connectivity index (χ4v) is 3.13. The van der Waals surface area contributed by atoms with Crippen LogP contribution in [0.15, 0.2) is 70.3 Å². The van der Waals surface area contributed by atoms with Crippen LogP contribution < -0.4 is 21.7 Å². The van der Waals surface area contributed by atoms with Gasteiger partial charge >= 0.3 is 11.7 Å². The SMILES string of the molecule is COc1cccc(C=CC(=O)OCC(=O)c2c(N)n(Cc3ccccc3)c(=O)n(C)c2=O)c1. The van der Waals surface area contributed by atoms with Crippen molar-refractivity contribution in [3.63, 3.8) is 0 Å². The number of rotatable bonds is 8. The summed E-state index contributed by atoms with van der Waals surface area (Å²) < 4.78 is 12.0. The van der Waals surface area contributed by atoms with Crippen LogP contribution in [-0.4, -0.2) is 34.6 Å². The standard InChI is InChI=1S/C24H23N3O6/c1-26-23(30)21(22(25)27(24(26)31)14-17-7-4-3-5-8-17)19(28)15-33-20(29)12-11-16-9-6-10-18(13-16)32-2/h3-13H,14-15,25H2,1-2H3. The molecule has 3 aromatic rings. The molecule has 0 radical (unpaired) electrons. The maximum atomic E-state index is 12.7. The molecule has 0 aliphatic carbocycles. The van der Waals surface area contributed by atoms with E-state index in [0.717, 1.165) is 20.8 Å². The number of hydrogen-bond donors (Lipinski definition) is 1. The van der Waals surface area contributed by atoms with Gasteiger partial charge in [-0.05, 0) is 29.3 Å². The third-order valence-electron chi connectivity index (χ3n) is 4.90. The van der Waals surface area contributed by atoms with Crippen molar-refractivity contribution in [1.82, 2.24) is 9.13 Å². The summed E-state index contributed by atoms with van der Waals surface area (Å²) >= 11 is 0. The van der Waals surface area contributed by atoms with Crippen LogP contribution in [0.1, 0.15) is 21.5 Å². The van der Waals surface area contributed by atoms with Crippen LogP contribution >= 0.6 is 0 Å². The van der Waals surface area contributed by atoms with Gasteiger partial charge < -0.3 is 15.2 Å². The van der Waals surface area contributed by atoms with Gasteiger partial charge in [0.2, 0.25) is 5.78 Å². The van der Waals surface area contributed by atoms with E-state index in [1.807, 2.05) is 6.07 Å². The average Bonchev–Trinajstić information content (AvgIpc) is 2.83. The van der Waals surface area contributed by atoms with E-state index in [2.05, 4.69) is 0 Å². The number of ether oxygens (including phenoxy) is 2. The number of ketones is 1. The summed E-state index contributed by atoms with van der Waals surface area (Å²) in [5.74, 6) is -1.24. The normalized spacial score (nSPS) is 10.8. The second-order valence-electron chi connectivity index (χ2n) is 7.12. The number of esters is 1. The summed E-state index contributed by atoms with van der Waals surface area (Å²) in [5, 5.41) is 0. The Morgan fingerprint density at radius 1 is 1.06 bits per heavy atom. The first-order chi connectivity index (χ1) is 15.8. The number of nitrogens with two attached hydrogens (primary N) is 1. The van der Waals surface area contributed by atoms with Crippen molar-refractivity contribution in [3.8, 4) is 5.75 Å². The van der Waals surface area contributed by atoms with Gasteiger partial charge in [0, 0.05) is 13.1 Å². The number of nitrogens with zero attached hydrogens (tertiary/aromatic N) is 2. The Morgan fingerprint density at radius 2 is 1.79 bits per heavy atom. The number of hydrogen-bond acceptors (Lipinski definition) is 7. The minimum absolute atomic E-state index is 0.0724. The molecule has 0 aliphatic heterocycles. The first-order valence-electron chi connectivity index (χ1n) is 9.97. The largest absolute Gasteiger partial charge is 0.497 e. The van der Waals surface area contributed by atoms with E-state index in [0.29, 0.717) is 11.3 Å². The van der Waals surface area contributed by atoms with E-state index >= 15 is 0 Å². The summed E-state index contributed by atoms with van der Waals surface area (Å²) in [6.07, 6.45) is 2.66. The minimum Gasteiger partial charge on any atom is -0.497 e. The molecule has 33 heavy (non-hydrogen) atoms. The van der Waals surface area contributed by atoms with E-state index in [4.69, 9.17) is 15.2 Å². The summed E-state index contributed by atoms with van der Waals surface area (Å²) in [7, 11) is 2.78. The smallest absolute Gasteiger partial charge is 0.332 e. The number of carbonyl (C=O) groups is 2. The summed E-state index contributed by atoms with van der Waals surface area (Å²) in [6, 6.07) is 16.0. The van der Waals surface area contributed by atoms with Crippen molar-refractivity contribution >= 4 is 23.6 Å². The molecule has 1 aromatic heterocycles. The molecule has 170 valence electrons. The lowest BCUT2D eigenvalue weighted by molar-refractivity contribution is -0.136. The van der Waals surface area contributed by atoms with Crippen LogP contribution in [0.3, 0.4) is 0 Å².